The van der Waals surface area contributed by atoms with E-state index in [1.165, 1.54) is 0 Å². The predicted octanol–water partition coefficient (Wildman–Crippen LogP) is -3.76. The second-order valence-corrected chi connectivity index (χ2v) is 1.79. The van der Waals surface area contributed by atoms with Crippen LogP contribution in [0, 0.1) is 0 Å². The van der Waals surface area contributed by atoms with Crippen LogP contribution in [0.25, 0.3) is 0 Å². The van der Waals surface area contributed by atoms with Crippen molar-refractivity contribution < 1.29 is 34.3 Å². The molecule has 3 N–H and O–H groups in total. The van der Waals surface area contributed by atoms with Crippen molar-refractivity contribution in [2.45, 2.75) is 0 Å². The Hall–Kier alpha value is 0.640. The minimum atomic E-state index is -4.64. The van der Waals surface area contributed by atoms with Gasteiger partial charge in [-0.2, -0.15) is 0 Å². The Kier molecular flexibility index (Phi) is 13.1. The van der Waals surface area contributed by atoms with Crippen molar-refractivity contribution in [1.29, 1.82) is 0 Å². The second-order valence-electron chi connectivity index (χ2n) is 0.763. The van der Waals surface area contributed by atoms with Gasteiger partial charge in [-0.25, -0.2) is 4.57 Å². The van der Waals surface area contributed by atoms with E-state index in [1.807, 2.05) is 0 Å². The molecule has 9 heteroatoms. The Morgan fingerprint density at radius 3 is 1.20 bits per heavy atom. The minimum Gasteiger partial charge on any atom is -0.652 e. The van der Waals surface area contributed by atoms with Gasteiger partial charge in [0.15, 0.2) is 0 Å². The molecule has 0 spiro atoms. The molecule has 7 nitrogen and oxygen atoms in total. The third kappa shape index (κ3) is 1230. The average molecular weight is 198 g/mol. The summed E-state index contributed by atoms with van der Waals surface area (Å²) in [5.74, 6) is 0. The molecule has 0 aromatic rings. The maximum atomic E-state index is 8.88. The van der Waals surface area contributed by atoms with Gasteiger partial charge in [-0.3, -0.25) is 0 Å². The number of carbonyl (C=O) groups is 1. The van der Waals surface area contributed by atoms with Gasteiger partial charge in [0.2, 0.25) is 0 Å². The van der Waals surface area contributed by atoms with Crippen molar-refractivity contribution in [3.05, 3.63) is 0 Å². The van der Waals surface area contributed by atoms with Gasteiger partial charge in [0.25, 0.3) is 0 Å². The van der Waals surface area contributed by atoms with Gasteiger partial charge in [0.1, 0.15) is 0 Å². The standard InChI is InChI=1S/CH2O3.Ca.H3O4P/c2-1(3)4;;1-5(2,3)4/h(H2,2,3,4);;(H3,1,2,3,4)/q;+2;/p-2. The van der Waals surface area contributed by atoms with Crippen LogP contribution in [0.5, 0.6) is 0 Å². The maximum Gasteiger partial charge on any atom is 2.00 e. The number of carbonyl (C=O) groups excluding carboxylic acids is 1. The topological polar surface area (TPSA) is 141 Å². The van der Waals surface area contributed by atoms with Gasteiger partial charge in [-0.05, 0) is 6.16 Å². The molecule has 0 radical (unpaired) electrons. The number of hydrogen-bond donors (Lipinski definition) is 3. The van der Waals surface area contributed by atoms with Gasteiger partial charge >= 0.3 is 45.6 Å². The van der Waals surface area contributed by atoms with Crippen molar-refractivity contribution >= 4 is 51.7 Å². The van der Waals surface area contributed by atoms with E-state index in [-0.39, 0.29) is 37.7 Å². The van der Waals surface area contributed by atoms with Crippen LogP contribution in [-0.2, 0) is 4.57 Å². The summed E-state index contributed by atoms with van der Waals surface area (Å²) in [4.78, 5) is 29.9. The number of hydrogen-bond acceptors (Lipinski definition) is 4. The van der Waals surface area contributed by atoms with E-state index in [9.17, 15) is 0 Å². The van der Waals surface area contributed by atoms with Crippen molar-refractivity contribution in [3.63, 3.8) is 0 Å². The molecule has 0 aliphatic carbocycles. The first kappa shape index (κ1) is 16.9. The fourth-order valence-electron chi connectivity index (χ4n) is 0. The molecule has 0 rings (SSSR count). The van der Waals surface area contributed by atoms with Crippen LogP contribution in [0.1, 0.15) is 0 Å². The van der Waals surface area contributed by atoms with Gasteiger partial charge < -0.3 is 29.7 Å². The van der Waals surface area contributed by atoms with Crippen LogP contribution in [0.4, 0.5) is 4.79 Å². The number of rotatable bonds is 0. The molecule has 0 heterocycles. The molecule has 56 valence electrons. The molecule has 0 fully saturated rings. The molecule has 0 bridgehead atoms. The van der Waals surface area contributed by atoms with Gasteiger partial charge in [-0.15, -0.1) is 0 Å². The summed E-state index contributed by atoms with van der Waals surface area (Å²) in [6, 6.07) is 0. The van der Waals surface area contributed by atoms with Crippen molar-refractivity contribution in [1.82, 2.24) is 0 Å². The molecule has 0 aromatic carbocycles. The van der Waals surface area contributed by atoms with E-state index in [0.717, 1.165) is 0 Å². The van der Waals surface area contributed by atoms with E-state index < -0.39 is 14.0 Å². The summed E-state index contributed by atoms with van der Waals surface area (Å²) < 4.78 is 8.88. The zero-order valence-electron chi connectivity index (χ0n) is 4.63. The zero-order chi connectivity index (χ0) is 8.08. The van der Waals surface area contributed by atoms with E-state index >= 15 is 0 Å². The van der Waals surface area contributed by atoms with Crippen molar-refractivity contribution in [2.75, 3.05) is 0 Å². The van der Waals surface area contributed by atoms with Crippen LogP contribution < -0.4 is 10.2 Å². The first-order valence-electron chi connectivity index (χ1n) is 1.39. The Balaban J connectivity index is -0.0000000910. The smallest absolute Gasteiger partial charge is 0.652 e. The minimum absolute atomic E-state index is 0. The predicted molar refractivity (Wildman–Crippen MR) is 25.4 cm³/mol. The Bertz CT molecular complexity index is 113. The Labute approximate surface area is 85.5 Å². The molecule has 10 heavy (non-hydrogen) atoms. The molecule has 0 unspecified atom stereocenters. The fourth-order valence-corrected chi connectivity index (χ4v) is 0. The van der Waals surface area contributed by atoms with Crippen LogP contribution in [0.3, 0.4) is 0 Å². The van der Waals surface area contributed by atoms with Crippen molar-refractivity contribution in [2.24, 2.45) is 0 Å². The summed E-state index contributed by atoms with van der Waals surface area (Å²) in [5.41, 5.74) is 0. The normalized spacial score (nSPS) is 8.30. The number of carboxylic acid groups (broad SMARTS) is 2. The van der Waals surface area contributed by atoms with Gasteiger partial charge in [0, 0.05) is 0 Å². The molecular formula is CH3CaO7P. The monoisotopic (exact) mass is 198 g/mol. The van der Waals surface area contributed by atoms with E-state index in [4.69, 9.17) is 34.3 Å². The quantitative estimate of drug-likeness (QED) is 0.268. The SMILES string of the molecule is O=C([O-])[O-].O=P(O)(O)O.[Ca+2]. The van der Waals surface area contributed by atoms with Crippen LogP contribution in [0.2, 0.25) is 0 Å². The van der Waals surface area contributed by atoms with Crippen LogP contribution in [0.15, 0.2) is 0 Å². The van der Waals surface area contributed by atoms with E-state index in [0.29, 0.717) is 0 Å². The third-order valence-electron chi connectivity index (χ3n) is 0. The largest absolute Gasteiger partial charge is 2.00 e. The second kappa shape index (κ2) is 7.74. The summed E-state index contributed by atoms with van der Waals surface area (Å²) in [5, 5.41) is 16.7. The van der Waals surface area contributed by atoms with Gasteiger partial charge in [0.05, 0.1) is 0 Å². The van der Waals surface area contributed by atoms with E-state index in [2.05, 4.69) is 0 Å². The summed E-state index contributed by atoms with van der Waals surface area (Å²) in [6.07, 6.45) is -2.33. The molecule has 0 atom stereocenters. The summed E-state index contributed by atoms with van der Waals surface area (Å²) in [6.45, 7) is 0. The van der Waals surface area contributed by atoms with Crippen LogP contribution in [-0.4, -0.2) is 58.6 Å². The fraction of sp³-hybridized carbons (Fsp3) is 0. The summed E-state index contributed by atoms with van der Waals surface area (Å²) >= 11 is 0. The molecule has 0 amide bonds. The first-order chi connectivity index (χ1) is 3.73. The third-order valence-corrected chi connectivity index (χ3v) is 0. The van der Waals surface area contributed by atoms with Crippen LogP contribution >= 0.6 is 7.82 Å². The van der Waals surface area contributed by atoms with Gasteiger partial charge in [-0.1, -0.05) is 0 Å². The Morgan fingerprint density at radius 2 is 1.20 bits per heavy atom. The molecule has 0 saturated carbocycles. The summed E-state index contributed by atoms with van der Waals surface area (Å²) in [7, 11) is -4.64. The molecular weight excluding hydrogens is 195 g/mol. The molecule has 0 saturated heterocycles. The molecule has 0 aliphatic heterocycles. The first-order valence-corrected chi connectivity index (χ1v) is 2.96. The average Bonchev–Trinajstić information content (AvgIpc) is 1.19. The molecule has 0 aromatic heterocycles. The van der Waals surface area contributed by atoms with E-state index in [1.54, 1.807) is 0 Å². The zero-order valence-corrected chi connectivity index (χ0v) is 7.73. The number of phosphoric acid groups is 1. The maximum absolute atomic E-state index is 8.88. The Morgan fingerprint density at radius 1 is 1.20 bits per heavy atom. The molecule has 0 aliphatic rings. The van der Waals surface area contributed by atoms with Crippen molar-refractivity contribution in [3.8, 4) is 0 Å².